The second-order valence-corrected chi connectivity index (χ2v) is 5.30. The SMILES string of the molecule is CC(CN)Cc1ccc(Br)s1. The largest absolute Gasteiger partial charge is 0.330 e. The Labute approximate surface area is 79.7 Å². The van der Waals surface area contributed by atoms with E-state index in [1.165, 1.54) is 8.66 Å². The van der Waals surface area contributed by atoms with Gasteiger partial charge in [0.1, 0.15) is 0 Å². The minimum absolute atomic E-state index is 0.598. The van der Waals surface area contributed by atoms with E-state index in [1.807, 2.05) is 0 Å². The lowest BCUT2D eigenvalue weighted by molar-refractivity contribution is 0.598. The molecule has 62 valence electrons. The molecule has 0 fully saturated rings. The van der Waals surface area contributed by atoms with Gasteiger partial charge in [0.25, 0.3) is 0 Å². The van der Waals surface area contributed by atoms with Crippen molar-refractivity contribution in [3.8, 4) is 0 Å². The Hall–Kier alpha value is 0.140. The molecular weight excluding hydrogens is 222 g/mol. The summed E-state index contributed by atoms with van der Waals surface area (Å²) in [5.41, 5.74) is 5.52. The Balaban J connectivity index is 2.50. The molecule has 1 unspecified atom stereocenters. The topological polar surface area (TPSA) is 26.0 Å². The van der Waals surface area contributed by atoms with E-state index in [1.54, 1.807) is 11.3 Å². The zero-order chi connectivity index (χ0) is 8.27. The van der Waals surface area contributed by atoms with Crippen molar-refractivity contribution in [1.29, 1.82) is 0 Å². The second kappa shape index (κ2) is 4.24. The third-order valence-electron chi connectivity index (χ3n) is 1.58. The summed E-state index contributed by atoms with van der Waals surface area (Å²) in [6, 6.07) is 4.24. The van der Waals surface area contributed by atoms with Gasteiger partial charge in [-0.1, -0.05) is 6.92 Å². The molecule has 1 nitrogen and oxygen atoms in total. The normalized spacial score (nSPS) is 13.4. The Morgan fingerprint density at radius 3 is 2.82 bits per heavy atom. The Bertz CT molecular complexity index is 222. The van der Waals surface area contributed by atoms with E-state index < -0.39 is 0 Å². The lowest BCUT2D eigenvalue weighted by atomic mass is 10.1. The van der Waals surface area contributed by atoms with E-state index in [0.29, 0.717) is 5.92 Å². The lowest BCUT2D eigenvalue weighted by Crippen LogP contribution is -2.12. The highest BCUT2D eigenvalue weighted by molar-refractivity contribution is 9.11. The number of halogens is 1. The maximum atomic E-state index is 5.52. The molecule has 0 aliphatic rings. The molecule has 0 saturated carbocycles. The van der Waals surface area contributed by atoms with E-state index >= 15 is 0 Å². The summed E-state index contributed by atoms with van der Waals surface area (Å²) >= 11 is 5.22. The molecule has 0 radical (unpaired) electrons. The molecule has 1 aromatic rings. The predicted molar refractivity (Wildman–Crippen MR) is 53.9 cm³/mol. The molecule has 0 aliphatic heterocycles. The van der Waals surface area contributed by atoms with Crippen molar-refractivity contribution in [1.82, 2.24) is 0 Å². The van der Waals surface area contributed by atoms with Gasteiger partial charge in [0, 0.05) is 4.88 Å². The first-order valence-electron chi connectivity index (χ1n) is 3.66. The monoisotopic (exact) mass is 233 g/mol. The maximum absolute atomic E-state index is 5.52. The number of nitrogens with two attached hydrogens (primary N) is 1. The molecule has 0 amide bonds. The van der Waals surface area contributed by atoms with Gasteiger partial charge in [0.05, 0.1) is 3.79 Å². The van der Waals surface area contributed by atoms with Crippen LogP contribution in [-0.4, -0.2) is 6.54 Å². The summed E-state index contributed by atoms with van der Waals surface area (Å²) in [7, 11) is 0. The first-order chi connectivity index (χ1) is 5.22. The van der Waals surface area contributed by atoms with Gasteiger partial charge in [-0.3, -0.25) is 0 Å². The summed E-state index contributed by atoms with van der Waals surface area (Å²) in [6.07, 6.45) is 1.10. The van der Waals surface area contributed by atoms with Crippen LogP contribution in [-0.2, 0) is 6.42 Å². The van der Waals surface area contributed by atoms with Crippen LogP contribution in [0.4, 0.5) is 0 Å². The molecule has 1 atom stereocenters. The number of hydrogen-bond acceptors (Lipinski definition) is 2. The first-order valence-corrected chi connectivity index (χ1v) is 5.27. The van der Waals surface area contributed by atoms with E-state index in [9.17, 15) is 0 Å². The fraction of sp³-hybridized carbons (Fsp3) is 0.500. The molecule has 2 N–H and O–H groups in total. The maximum Gasteiger partial charge on any atom is 0.0701 e. The molecule has 0 aromatic carbocycles. The molecule has 0 aliphatic carbocycles. The van der Waals surface area contributed by atoms with Crippen LogP contribution < -0.4 is 5.73 Å². The molecule has 11 heavy (non-hydrogen) atoms. The van der Waals surface area contributed by atoms with Crippen molar-refractivity contribution >= 4 is 27.3 Å². The summed E-state index contributed by atoms with van der Waals surface area (Å²) in [5, 5.41) is 0. The fourth-order valence-corrected chi connectivity index (χ4v) is 2.53. The second-order valence-electron chi connectivity index (χ2n) is 2.75. The summed E-state index contributed by atoms with van der Waals surface area (Å²) in [5.74, 6) is 0.598. The van der Waals surface area contributed by atoms with Gasteiger partial charge in [0.2, 0.25) is 0 Å². The minimum Gasteiger partial charge on any atom is -0.330 e. The summed E-state index contributed by atoms with van der Waals surface area (Å²) in [6.45, 7) is 2.95. The van der Waals surface area contributed by atoms with E-state index in [2.05, 4.69) is 35.0 Å². The highest BCUT2D eigenvalue weighted by Gasteiger charge is 2.02. The fourth-order valence-electron chi connectivity index (χ4n) is 0.888. The smallest absolute Gasteiger partial charge is 0.0701 e. The number of rotatable bonds is 3. The van der Waals surface area contributed by atoms with Crippen molar-refractivity contribution < 1.29 is 0 Å². The average Bonchev–Trinajstić information content (AvgIpc) is 2.35. The highest BCUT2D eigenvalue weighted by Crippen LogP contribution is 2.23. The van der Waals surface area contributed by atoms with Crippen LogP contribution in [0.1, 0.15) is 11.8 Å². The van der Waals surface area contributed by atoms with Crippen molar-refractivity contribution in [2.24, 2.45) is 11.7 Å². The zero-order valence-corrected chi connectivity index (χ0v) is 8.91. The first kappa shape index (κ1) is 9.23. The van der Waals surface area contributed by atoms with Gasteiger partial charge in [0.15, 0.2) is 0 Å². The van der Waals surface area contributed by atoms with E-state index in [-0.39, 0.29) is 0 Å². The van der Waals surface area contributed by atoms with E-state index in [4.69, 9.17) is 5.73 Å². The molecule has 3 heteroatoms. The average molecular weight is 234 g/mol. The predicted octanol–water partition coefficient (Wildman–Crippen LogP) is 2.65. The molecular formula is C8H12BrNS. The molecule has 0 spiro atoms. The Morgan fingerprint density at radius 2 is 2.36 bits per heavy atom. The van der Waals surface area contributed by atoms with Crippen molar-refractivity contribution in [3.63, 3.8) is 0 Å². The van der Waals surface area contributed by atoms with Crippen LogP contribution in [0.3, 0.4) is 0 Å². The minimum atomic E-state index is 0.598. The standard InChI is InChI=1S/C8H12BrNS/c1-6(5-10)4-7-2-3-8(9)11-7/h2-3,6H,4-5,10H2,1H3. The van der Waals surface area contributed by atoms with Gasteiger partial charge in [-0.15, -0.1) is 11.3 Å². The van der Waals surface area contributed by atoms with E-state index in [0.717, 1.165) is 13.0 Å². The highest BCUT2D eigenvalue weighted by atomic mass is 79.9. The van der Waals surface area contributed by atoms with Gasteiger partial charge in [-0.05, 0) is 46.9 Å². The van der Waals surface area contributed by atoms with Gasteiger partial charge >= 0.3 is 0 Å². The summed E-state index contributed by atoms with van der Waals surface area (Å²) < 4.78 is 1.21. The Morgan fingerprint density at radius 1 is 1.64 bits per heavy atom. The van der Waals surface area contributed by atoms with Crippen LogP contribution >= 0.6 is 27.3 Å². The van der Waals surface area contributed by atoms with Gasteiger partial charge in [-0.2, -0.15) is 0 Å². The van der Waals surface area contributed by atoms with Gasteiger partial charge in [-0.25, -0.2) is 0 Å². The Kier molecular flexibility index (Phi) is 3.55. The molecule has 1 heterocycles. The lowest BCUT2D eigenvalue weighted by Gasteiger charge is -2.04. The van der Waals surface area contributed by atoms with Crippen LogP contribution in [0.2, 0.25) is 0 Å². The van der Waals surface area contributed by atoms with Crippen LogP contribution in [0.25, 0.3) is 0 Å². The quantitative estimate of drug-likeness (QED) is 0.854. The van der Waals surface area contributed by atoms with Crippen LogP contribution in [0.5, 0.6) is 0 Å². The van der Waals surface area contributed by atoms with Crippen LogP contribution in [0, 0.1) is 5.92 Å². The summed E-state index contributed by atoms with van der Waals surface area (Å²) in [4.78, 5) is 1.41. The van der Waals surface area contributed by atoms with Crippen molar-refractivity contribution in [3.05, 3.63) is 20.8 Å². The van der Waals surface area contributed by atoms with Gasteiger partial charge < -0.3 is 5.73 Å². The zero-order valence-electron chi connectivity index (χ0n) is 6.51. The number of thiophene rings is 1. The molecule has 1 aromatic heterocycles. The molecule has 0 saturated heterocycles. The number of hydrogen-bond donors (Lipinski definition) is 1. The molecule has 1 rings (SSSR count). The van der Waals surface area contributed by atoms with Crippen LogP contribution in [0.15, 0.2) is 15.9 Å². The van der Waals surface area contributed by atoms with Crippen molar-refractivity contribution in [2.75, 3.05) is 6.54 Å². The third kappa shape index (κ3) is 2.93. The molecule has 0 bridgehead atoms. The third-order valence-corrected chi connectivity index (χ3v) is 3.23. The van der Waals surface area contributed by atoms with Crippen molar-refractivity contribution in [2.45, 2.75) is 13.3 Å².